The van der Waals surface area contributed by atoms with Crippen LogP contribution in [0, 0.1) is 0 Å². The van der Waals surface area contributed by atoms with Crippen molar-refractivity contribution in [1.82, 2.24) is 20.4 Å². The van der Waals surface area contributed by atoms with E-state index in [0.717, 1.165) is 25.1 Å². The quantitative estimate of drug-likeness (QED) is 0.819. The molecule has 0 aromatic carbocycles. The Hall–Kier alpha value is -1.55. The van der Waals surface area contributed by atoms with Crippen LogP contribution < -0.4 is 5.43 Å². The molecule has 4 nitrogen and oxygen atoms in total. The third-order valence-corrected chi connectivity index (χ3v) is 2.92. The molecule has 1 aliphatic heterocycles. The summed E-state index contributed by atoms with van der Waals surface area (Å²) in [7, 11) is 0. The number of aromatic amines is 1. The normalized spacial score (nSPS) is 19.5. The van der Waals surface area contributed by atoms with E-state index in [1.807, 2.05) is 6.20 Å². The Morgan fingerprint density at radius 1 is 1.47 bits per heavy atom. The molecule has 1 aromatic rings. The number of nitrogens with one attached hydrogen (secondary N) is 2. The maximum Gasteiger partial charge on any atom is 0.0924 e. The number of hydrogen-bond acceptors (Lipinski definition) is 3. The minimum absolute atomic E-state index is 0.407. The molecule has 1 atom stereocenters. The van der Waals surface area contributed by atoms with Gasteiger partial charge in [0.2, 0.25) is 0 Å². The average Bonchev–Trinajstić information content (AvgIpc) is 2.90. The summed E-state index contributed by atoms with van der Waals surface area (Å²) in [5.41, 5.74) is 5.70. The van der Waals surface area contributed by atoms with E-state index >= 15 is 0 Å². The maximum atomic E-state index is 4.06. The smallest absolute Gasteiger partial charge is 0.0924 e. The zero-order valence-electron chi connectivity index (χ0n) is 10.5. The number of allylic oxidation sites excluding steroid dienone is 2. The molecule has 0 fully saturated rings. The number of hydrogen-bond donors (Lipinski definition) is 2. The predicted molar refractivity (Wildman–Crippen MR) is 69.9 cm³/mol. The number of H-pyrrole nitrogens is 1. The van der Waals surface area contributed by atoms with Crippen molar-refractivity contribution >= 4 is 5.57 Å². The number of rotatable bonds is 5. The molecule has 0 spiro atoms. The van der Waals surface area contributed by atoms with E-state index in [0.29, 0.717) is 6.04 Å². The Balaban J connectivity index is 2.09. The van der Waals surface area contributed by atoms with Gasteiger partial charge in [-0.25, -0.2) is 10.4 Å². The number of hydrazine groups is 1. The van der Waals surface area contributed by atoms with E-state index in [2.05, 4.69) is 52.6 Å². The molecule has 0 saturated carbocycles. The standard InChI is InChI=1S/C13H20N4/c1-3-6-16-17-7-5-11(8-12(17)4-2)13-9-14-10-15-13/h5,7-10,12,16H,3-4,6H2,1-2H3,(H,14,15). The van der Waals surface area contributed by atoms with Gasteiger partial charge in [-0.1, -0.05) is 19.9 Å². The van der Waals surface area contributed by atoms with Gasteiger partial charge in [-0.2, -0.15) is 0 Å². The summed E-state index contributed by atoms with van der Waals surface area (Å²) in [6, 6.07) is 0.407. The van der Waals surface area contributed by atoms with Gasteiger partial charge in [0.05, 0.1) is 24.3 Å². The highest BCUT2D eigenvalue weighted by molar-refractivity contribution is 5.72. The summed E-state index contributed by atoms with van der Waals surface area (Å²) >= 11 is 0. The predicted octanol–water partition coefficient (Wildman–Crippen LogP) is 2.32. The maximum absolute atomic E-state index is 4.06. The summed E-state index contributed by atoms with van der Waals surface area (Å²) in [6.07, 6.45) is 12.3. The monoisotopic (exact) mass is 232 g/mol. The van der Waals surface area contributed by atoms with Crippen LogP contribution in [0.4, 0.5) is 0 Å². The Labute approximate surface area is 102 Å². The lowest BCUT2D eigenvalue weighted by Crippen LogP contribution is -2.42. The zero-order chi connectivity index (χ0) is 12.1. The van der Waals surface area contributed by atoms with Gasteiger partial charge in [0.1, 0.15) is 0 Å². The number of imidazole rings is 1. The third-order valence-electron chi connectivity index (χ3n) is 2.92. The van der Waals surface area contributed by atoms with Crippen molar-refractivity contribution in [3.8, 4) is 0 Å². The molecule has 17 heavy (non-hydrogen) atoms. The minimum Gasteiger partial charge on any atom is -0.345 e. The van der Waals surface area contributed by atoms with Crippen LogP contribution in [0.3, 0.4) is 0 Å². The van der Waals surface area contributed by atoms with Crippen molar-refractivity contribution < 1.29 is 0 Å². The summed E-state index contributed by atoms with van der Waals surface area (Å²) in [5, 5.41) is 2.18. The second kappa shape index (κ2) is 5.68. The van der Waals surface area contributed by atoms with E-state index in [9.17, 15) is 0 Å². The van der Waals surface area contributed by atoms with Crippen LogP contribution in [0.5, 0.6) is 0 Å². The van der Waals surface area contributed by atoms with Gasteiger partial charge in [0, 0.05) is 12.7 Å². The van der Waals surface area contributed by atoms with Gasteiger partial charge in [-0.15, -0.1) is 0 Å². The zero-order valence-corrected chi connectivity index (χ0v) is 10.5. The molecule has 1 aliphatic rings. The fourth-order valence-electron chi connectivity index (χ4n) is 1.93. The molecule has 1 unspecified atom stereocenters. The van der Waals surface area contributed by atoms with Crippen molar-refractivity contribution in [2.24, 2.45) is 0 Å². The molecule has 2 rings (SSSR count). The Morgan fingerprint density at radius 3 is 3.00 bits per heavy atom. The largest absolute Gasteiger partial charge is 0.345 e. The van der Waals surface area contributed by atoms with Crippen molar-refractivity contribution in [2.45, 2.75) is 32.7 Å². The van der Waals surface area contributed by atoms with Crippen LogP contribution in [-0.2, 0) is 0 Å². The molecule has 0 radical (unpaired) electrons. The van der Waals surface area contributed by atoms with Gasteiger partial charge in [0.25, 0.3) is 0 Å². The van der Waals surface area contributed by atoms with Gasteiger partial charge in [-0.05, 0) is 24.5 Å². The second-order valence-electron chi connectivity index (χ2n) is 4.19. The molecule has 0 amide bonds. The number of nitrogens with zero attached hydrogens (tertiary/aromatic N) is 2. The molecule has 2 N–H and O–H groups in total. The highest BCUT2D eigenvalue weighted by Gasteiger charge is 2.16. The first kappa shape index (κ1) is 11.9. The topological polar surface area (TPSA) is 44.0 Å². The first-order valence-corrected chi connectivity index (χ1v) is 6.25. The van der Waals surface area contributed by atoms with Crippen LogP contribution in [0.2, 0.25) is 0 Å². The molecule has 1 aromatic heterocycles. The highest BCUT2D eigenvalue weighted by atomic mass is 15.5. The first-order chi connectivity index (χ1) is 8.35. The van der Waals surface area contributed by atoms with E-state index in [-0.39, 0.29) is 0 Å². The molecule has 2 heterocycles. The third kappa shape index (κ3) is 2.77. The van der Waals surface area contributed by atoms with Gasteiger partial charge in [0.15, 0.2) is 0 Å². The van der Waals surface area contributed by atoms with Crippen molar-refractivity contribution in [2.75, 3.05) is 6.54 Å². The molecule has 4 heteroatoms. The van der Waals surface area contributed by atoms with E-state index in [1.54, 1.807) is 6.33 Å². The van der Waals surface area contributed by atoms with Gasteiger partial charge >= 0.3 is 0 Å². The molecular formula is C13H20N4. The molecular weight excluding hydrogens is 212 g/mol. The Morgan fingerprint density at radius 2 is 2.35 bits per heavy atom. The Bertz CT molecular complexity index is 392. The van der Waals surface area contributed by atoms with Gasteiger partial charge in [-0.3, -0.25) is 0 Å². The van der Waals surface area contributed by atoms with Crippen LogP contribution in [0.1, 0.15) is 32.4 Å². The summed E-state index contributed by atoms with van der Waals surface area (Å²) in [5.74, 6) is 0. The van der Waals surface area contributed by atoms with Crippen molar-refractivity contribution in [3.05, 3.63) is 36.6 Å². The average molecular weight is 232 g/mol. The fourth-order valence-corrected chi connectivity index (χ4v) is 1.93. The molecule has 0 saturated heterocycles. The van der Waals surface area contributed by atoms with Crippen molar-refractivity contribution in [1.29, 1.82) is 0 Å². The SMILES string of the molecule is CCCNN1C=CC(c2cnc[nH]2)=CC1CC. The number of aromatic nitrogens is 2. The summed E-state index contributed by atoms with van der Waals surface area (Å²) < 4.78 is 0. The lowest BCUT2D eigenvalue weighted by molar-refractivity contribution is 0.221. The molecule has 0 bridgehead atoms. The molecule has 0 aliphatic carbocycles. The van der Waals surface area contributed by atoms with Crippen LogP contribution in [0.25, 0.3) is 5.57 Å². The van der Waals surface area contributed by atoms with E-state index in [1.165, 1.54) is 5.57 Å². The van der Waals surface area contributed by atoms with Gasteiger partial charge < -0.3 is 9.99 Å². The fraction of sp³-hybridized carbons (Fsp3) is 0.462. The van der Waals surface area contributed by atoms with E-state index < -0.39 is 0 Å². The second-order valence-corrected chi connectivity index (χ2v) is 4.19. The van der Waals surface area contributed by atoms with Crippen LogP contribution in [0.15, 0.2) is 30.9 Å². The van der Waals surface area contributed by atoms with E-state index in [4.69, 9.17) is 0 Å². The first-order valence-electron chi connectivity index (χ1n) is 6.25. The highest BCUT2D eigenvalue weighted by Crippen LogP contribution is 2.21. The lowest BCUT2D eigenvalue weighted by atomic mass is 10.0. The summed E-state index contributed by atoms with van der Waals surface area (Å²) in [6.45, 7) is 5.38. The van der Waals surface area contributed by atoms with Crippen molar-refractivity contribution in [3.63, 3.8) is 0 Å². The molecule has 92 valence electrons. The van der Waals surface area contributed by atoms with Crippen LogP contribution >= 0.6 is 0 Å². The summed E-state index contributed by atoms with van der Waals surface area (Å²) in [4.78, 5) is 7.20. The lowest BCUT2D eigenvalue weighted by Gasteiger charge is -2.31. The van der Waals surface area contributed by atoms with Crippen LogP contribution in [-0.4, -0.2) is 27.6 Å². The Kier molecular flexibility index (Phi) is 3.98. The minimum atomic E-state index is 0.407.